The second-order valence-corrected chi connectivity index (χ2v) is 8.05. The van der Waals surface area contributed by atoms with Crippen molar-refractivity contribution in [3.05, 3.63) is 35.9 Å². The Kier molecular flexibility index (Phi) is 11.3. The van der Waals surface area contributed by atoms with Crippen LogP contribution in [0.3, 0.4) is 0 Å². The first-order chi connectivity index (χ1) is 12.1. The molecule has 6 heteroatoms. The minimum absolute atomic E-state index is 0.00524. The maximum absolute atomic E-state index is 12.7. The number of rotatable bonds is 14. The van der Waals surface area contributed by atoms with E-state index in [0.717, 1.165) is 25.2 Å². The molecular weight excluding hydrogens is 337 g/mol. The van der Waals surface area contributed by atoms with Gasteiger partial charge in [0.15, 0.2) is 0 Å². The van der Waals surface area contributed by atoms with Crippen molar-refractivity contribution >= 4 is 7.60 Å². The highest BCUT2D eigenvalue weighted by atomic mass is 31.2. The lowest BCUT2D eigenvalue weighted by molar-refractivity contribution is 0.0144. The molecule has 1 rings (SSSR count). The van der Waals surface area contributed by atoms with Crippen LogP contribution in [-0.2, 0) is 25.0 Å². The molecule has 144 valence electrons. The van der Waals surface area contributed by atoms with Crippen LogP contribution < -0.4 is 0 Å². The molecule has 25 heavy (non-hydrogen) atoms. The van der Waals surface area contributed by atoms with Crippen molar-refractivity contribution < 1.29 is 18.3 Å². The van der Waals surface area contributed by atoms with Gasteiger partial charge >= 0.3 is 7.60 Å². The lowest BCUT2D eigenvalue weighted by atomic mass is 10.2. The number of hydrogen-bond acceptors (Lipinski definition) is 5. The van der Waals surface area contributed by atoms with Crippen LogP contribution in [0, 0.1) is 0 Å². The van der Waals surface area contributed by atoms with Gasteiger partial charge in [-0.1, -0.05) is 44.2 Å². The third-order valence-corrected chi connectivity index (χ3v) is 6.17. The van der Waals surface area contributed by atoms with Crippen molar-refractivity contribution in [1.82, 2.24) is 4.90 Å². The van der Waals surface area contributed by atoms with E-state index in [4.69, 9.17) is 13.8 Å². The largest absolute Gasteiger partial charge is 0.372 e. The second-order valence-electron chi connectivity index (χ2n) is 5.86. The third-order valence-electron chi connectivity index (χ3n) is 4.06. The standard InChI is InChI=1S/C19H34NO4P/c1-5-20(6-2)16-19(22-17-18-12-10-9-11-13-18)14-15-25(21,23-7-3)24-8-4/h9-13,19H,5-8,14-17H2,1-4H3. The van der Waals surface area contributed by atoms with Gasteiger partial charge < -0.3 is 18.7 Å². The summed E-state index contributed by atoms with van der Waals surface area (Å²) in [5.74, 6) is 0. The number of benzene rings is 1. The van der Waals surface area contributed by atoms with E-state index in [1.807, 2.05) is 32.0 Å². The van der Waals surface area contributed by atoms with E-state index in [1.54, 1.807) is 0 Å². The zero-order valence-electron chi connectivity index (χ0n) is 16.1. The zero-order valence-corrected chi connectivity index (χ0v) is 17.0. The first-order valence-electron chi connectivity index (χ1n) is 9.32. The van der Waals surface area contributed by atoms with E-state index >= 15 is 0 Å². The number of nitrogens with zero attached hydrogens (tertiary/aromatic N) is 1. The SMILES string of the molecule is CCOP(=O)(CCC(CN(CC)CC)OCc1ccccc1)OCC. The molecule has 1 aromatic carbocycles. The van der Waals surface area contributed by atoms with Crippen molar-refractivity contribution in [1.29, 1.82) is 0 Å². The highest BCUT2D eigenvalue weighted by Crippen LogP contribution is 2.48. The Balaban J connectivity index is 2.67. The Morgan fingerprint density at radius 1 is 1.00 bits per heavy atom. The summed E-state index contributed by atoms with van der Waals surface area (Å²) in [7, 11) is -3.03. The summed E-state index contributed by atoms with van der Waals surface area (Å²) in [4.78, 5) is 2.32. The normalized spacial score (nSPS) is 13.3. The monoisotopic (exact) mass is 371 g/mol. The summed E-state index contributed by atoms with van der Waals surface area (Å²) in [6.07, 6.45) is 1.03. The second kappa shape index (κ2) is 12.6. The molecule has 0 amide bonds. The Bertz CT molecular complexity index is 483. The van der Waals surface area contributed by atoms with Crippen molar-refractivity contribution in [3.8, 4) is 0 Å². The highest BCUT2D eigenvalue weighted by molar-refractivity contribution is 7.53. The number of ether oxygens (including phenoxy) is 1. The Labute approximate surface area is 153 Å². The van der Waals surface area contributed by atoms with Crippen LogP contribution in [0.25, 0.3) is 0 Å². The van der Waals surface area contributed by atoms with Crippen LogP contribution in [0.1, 0.15) is 39.7 Å². The van der Waals surface area contributed by atoms with Gasteiger partial charge in [-0.2, -0.15) is 0 Å². The van der Waals surface area contributed by atoms with Crippen molar-refractivity contribution in [2.75, 3.05) is 39.0 Å². The van der Waals surface area contributed by atoms with Crippen molar-refractivity contribution in [2.24, 2.45) is 0 Å². The molecule has 0 aliphatic heterocycles. The first kappa shape index (κ1) is 22.3. The minimum atomic E-state index is -3.03. The van der Waals surface area contributed by atoms with Crippen LogP contribution in [0.5, 0.6) is 0 Å². The van der Waals surface area contributed by atoms with E-state index in [0.29, 0.717) is 32.4 Å². The fourth-order valence-electron chi connectivity index (χ4n) is 2.65. The maximum atomic E-state index is 12.7. The van der Waals surface area contributed by atoms with Gasteiger partial charge in [0.1, 0.15) is 0 Å². The van der Waals surface area contributed by atoms with Crippen LogP contribution in [0.15, 0.2) is 30.3 Å². The van der Waals surface area contributed by atoms with Crippen LogP contribution in [0.4, 0.5) is 0 Å². The molecule has 0 fully saturated rings. The van der Waals surface area contributed by atoms with E-state index in [2.05, 4.69) is 30.9 Å². The molecule has 0 heterocycles. The summed E-state index contributed by atoms with van der Waals surface area (Å²) in [6, 6.07) is 10.1. The molecule has 1 aromatic rings. The molecule has 0 N–H and O–H groups in total. The van der Waals surface area contributed by atoms with Gasteiger partial charge in [0, 0.05) is 6.54 Å². The predicted molar refractivity (Wildman–Crippen MR) is 103 cm³/mol. The van der Waals surface area contributed by atoms with E-state index < -0.39 is 7.60 Å². The van der Waals surface area contributed by atoms with Crippen molar-refractivity contribution in [2.45, 2.75) is 46.8 Å². The Morgan fingerprint density at radius 3 is 2.12 bits per heavy atom. The van der Waals surface area contributed by atoms with Gasteiger partial charge in [-0.3, -0.25) is 4.57 Å². The Morgan fingerprint density at radius 2 is 1.60 bits per heavy atom. The van der Waals surface area contributed by atoms with Gasteiger partial charge in [0.05, 0.1) is 32.1 Å². The molecule has 0 aliphatic carbocycles. The van der Waals surface area contributed by atoms with Gasteiger partial charge in [-0.25, -0.2) is 0 Å². The van der Waals surface area contributed by atoms with Gasteiger partial charge in [-0.05, 0) is 38.9 Å². The molecule has 0 saturated carbocycles. The van der Waals surface area contributed by atoms with E-state index in [-0.39, 0.29) is 6.10 Å². The topological polar surface area (TPSA) is 48.0 Å². The fraction of sp³-hybridized carbons (Fsp3) is 0.684. The molecule has 0 aromatic heterocycles. The molecule has 0 saturated heterocycles. The molecule has 0 spiro atoms. The number of likely N-dealkylation sites (N-methyl/N-ethyl adjacent to an activating group) is 1. The van der Waals surface area contributed by atoms with Gasteiger partial charge in [0.25, 0.3) is 0 Å². The van der Waals surface area contributed by atoms with Gasteiger partial charge in [0.2, 0.25) is 0 Å². The highest BCUT2D eigenvalue weighted by Gasteiger charge is 2.26. The molecule has 1 atom stereocenters. The average molecular weight is 371 g/mol. The van der Waals surface area contributed by atoms with Crippen LogP contribution in [0.2, 0.25) is 0 Å². The molecule has 5 nitrogen and oxygen atoms in total. The summed E-state index contributed by atoms with van der Waals surface area (Å²) in [5, 5.41) is 0. The third kappa shape index (κ3) is 8.98. The summed E-state index contributed by atoms with van der Waals surface area (Å²) in [6.45, 7) is 12.1. The van der Waals surface area contributed by atoms with Crippen molar-refractivity contribution in [3.63, 3.8) is 0 Å². The van der Waals surface area contributed by atoms with Crippen LogP contribution >= 0.6 is 7.60 Å². The Hall–Kier alpha value is -0.710. The molecule has 1 unspecified atom stereocenters. The van der Waals surface area contributed by atoms with E-state index in [9.17, 15) is 4.57 Å². The van der Waals surface area contributed by atoms with Crippen LogP contribution in [-0.4, -0.2) is 50.0 Å². The average Bonchev–Trinajstić information content (AvgIpc) is 2.62. The lowest BCUT2D eigenvalue weighted by Gasteiger charge is -2.27. The molecule has 0 bridgehead atoms. The lowest BCUT2D eigenvalue weighted by Crippen LogP contribution is -2.34. The molecule has 0 radical (unpaired) electrons. The summed E-state index contributed by atoms with van der Waals surface area (Å²) >= 11 is 0. The summed E-state index contributed by atoms with van der Waals surface area (Å²) in [5.41, 5.74) is 1.14. The maximum Gasteiger partial charge on any atom is 0.330 e. The first-order valence-corrected chi connectivity index (χ1v) is 11.1. The quantitative estimate of drug-likeness (QED) is 0.448. The molecular formula is C19H34NO4P. The van der Waals surface area contributed by atoms with E-state index in [1.165, 1.54) is 0 Å². The van der Waals surface area contributed by atoms with Gasteiger partial charge in [-0.15, -0.1) is 0 Å². The smallest absolute Gasteiger partial charge is 0.330 e. The zero-order chi connectivity index (χ0) is 18.5. The predicted octanol–water partition coefficient (Wildman–Crippen LogP) is 4.57. The fourth-order valence-corrected chi connectivity index (χ4v) is 4.37. The number of hydrogen-bond donors (Lipinski definition) is 0. The minimum Gasteiger partial charge on any atom is -0.372 e. The molecule has 0 aliphatic rings. The summed E-state index contributed by atoms with van der Waals surface area (Å²) < 4.78 is 29.7.